The molecular formula is C39H36N2O. The van der Waals surface area contributed by atoms with E-state index < -0.39 is 11.1 Å². The smallest absolute Gasteiger partial charge is 0.135 e. The maximum Gasteiger partial charge on any atom is 0.135 e. The summed E-state index contributed by atoms with van der Waals surface area (Å²) >= 11 is 0. The van der Waals surface area contributed by atoms with Crippen LogP contribution in [0.2, 0.25) is 0 Å². The van der Waals surface area contributed by atoms with Crippen molar-refractivity contribution in [3.63, 3.8) is 0 Å². The maximum atomic E-state index is 12.5. The highest BCUT2D eigenvalue weighted by Gasteiger charge is 2.42. The van der Waals surface area contributed by atoms with Crippen molar-refractivity contribution in [3.8, 4) is 0 Å². The molecule has 0 spiro atoms. The Morgan fingerprint density at radius 2 is 1.19 bits per heavy atom. The molecule has 1 unspecified atom stereocenters. The zero-order valence-corrected chi connectivity index (χ0v) is 24.4. The van der Waals surface area contributed by atoms with Crippen LogP contribution in [0.4, 0.5) is 0 Å². The maximum absolute atomic E-state index is 12.5. The van der Waals surface area contributed by atoms with E-state index in [1.165, 1.54) is 0 Å². The van der Waals surface area contributed by atoms with Crippen molar-refractivity contribution in [2.45, 2.75) is 31.9 Å². The van der Waals surface area contributed by atoms with Gasteiger partial charge in [-0.25, -0.2) is 4.98 Å². The van der Waals surface area contributed by atoms with Crippen LogP contribution in [0.15, 0.2) is 146 Å². The highest BCUT2D eigenvalue weighted by atomic mass is 16.3. The molecule has 0 fully saturated rings. The van der Waals surface area contributed by atoms with Gasteiger partial charge >= 0.3 is 0 Å². The molecule has 1 aromatic heterocycles. The monoisotopic (exact) mass is 548 g/mol. The first-order chi connectivity index (χ1) is 20.3. The number of allylic oxidation sites excluding steroid dienone is 1. The summed E-state index contributed by atoms with van der Waals surface area (Å²) in [5.41, 5.74) is 4.91. The van der Waals surface area contributed by atoms with Gasteiger partial charge in [0.05, 0.1) is 12.0 Å². The van der Waals surface area contributed by atoms with Gasteiger partial charge in [0, 0.05) is 6.20 Å². The van der Waals surface area contributed by atoms with Crippen LogP contribution in [0.3, 0.4) is 0 Å². The summed E-state index contributed by atoms with van der Waals surface area (Å²) in [4.78, 5) is 4.95. The standard InChI is InChI=1S/C39H36N2O/c1-28(2)30-20-21-32-25-36(23-22-31(32)24-30)39(42,29(3)4)37-26-41(27-40-37)38(33-14-8-5-9-15-33,34-16-10-6-11-17-34)35-18-12-7-13-19-35/h5-27,29,42H,1H2,2-4H3. The minimum atomic E-state index is -1.30. The van der Waals surface area contributed by atoms with Crippen LogP contribution in [0, 0.1) is 5.92 Å². The minimum absolute atomic E-state index is 0.132. The minimum Gasteiger partial charge on any atom is -0.378 e. The molecule has 3 heteroatoms. The number of nitrogens with zero attached hydrogens (tertiary/aromatic N) is 2. The first-order valence-electron chi connectivity index (χ1n) is 14.5. The highest BCUT2D eigenvalue weighted by Crippen LogP contribution is 2.43. The van der Waals surface area contributed by atoms with Crippen LogP contribution in [0.1, 0.15) is 54.3 Å². The Balaban J connectivity index is 1.57. The van der Waals surface area contributed by atoms with E-state index in [1.54, 1.807) is 0 Å². The summed E-state index contributed by atoms with van der Waals surface area (Å²) in [5, 5.41) is 14.7. The summed E-state index contributed by atoms with van der Waals surface area (Å²) in [5.74, 6) is -0.132. The third kappa shape index (κ3) is 4.47. The molecule has 0 bridgehead atoms. The molecule has 5 aromatic carbocycles. The van der Waals surface area contributed by atoms with Gasteiger partial charge in [0.2, 0.25) is 0 Å². The molecule has 0 aliphatic carbocycles. The summed E-state index contributed by atoms with van der Waals surface area (Å²) in [6, 6.07) is 44.1. The van der Waals surface area contributed by atoms with Gasteiger partial charge in [-0.3, -0.25) is 0 Å². The number of fused-ring (bicyclic) bond motifs is 1. The Morgan fingerprint density at radius 1 is 0.690 bits per heavy atom. The second-order valence-corrected chi connectivity index (χ2v) is 11.5. The molecule has 1 atom stereocenters. The molecule has 208 valence electrons. The Morgan fingerprint density at radius 3 is 1.69 bits per heavy atom. The molecule has 1 heterocycles. The van der Waals surface area contributed by atoms with Crippen LogP contribution in [0.25, 0.3) is 16.3 Å². The molecule has 6 rings (SSSR count). The third-order valence-corrected chi connectivity index (χ3v) is 8.54. The Kier molecular flexibility index (Phi) is 7.14. The fourth-order valence-corrected chi connectivity index (χ4v) is 6.21. The van der Waals surface area contributed by atoms with Crippen molar-refractivity contribution in [2.75, 3.05) is 0 Å². The summed E-state index contributed by atoms with van der Waals surface area (Å²) in [6.07, 6.45) is 3.90. The lowest BCUT2D eigenvalue weighted by molar-refractivity contribution is 0.0279. The topological polar surface area (TPSA) is 38.0 Å². The van der Waals surface area contributed by atoms with Gasteiger partial charge in [-0.15, -0.1) is 0 Å². The lowest BCUT2D eigenvalue weighted by Gasteiger charge is -2.37. The summed E-state index contributed by atoms with van der Waals surface area (Å²) < 4.78 is 2.16. The third-order valence-electron chi connectivity index (χ3n) is 8.54. The van der Waals surface area contributed by atoms with Gasteiger partial charge in [-0.1, -0.05) is 141 Å². The molecule has 6 aromatic rings. The molecule has 0 saturated carbocycles. The van der Waals surface area contributed by atoms with Crippen molar-refractivity contribution in [3.05, 3.63) is 180 Å². The van der Waals surface area contributed by atoms with Crippen LogP contribution in [-0.4, -0.2) is 14.7 Å². The van der Waals surface area contributed by atoms with Crippen molar-refractivity contribution < 1.29 is 5.11 Å². The van der Waals surface area contributed by atoms with Gasteiger partial charge in [0.25, 0.3) is 0 Å². The Labute approximate surface area is 248 Å². The van der Waals surface area contributed by atoms with Gasteiger partial charge in [0.15, 0.2) is 0 Å². The van der Waals surface area contributed by atoms with Crippen molar-refractivity contribution >= 4 is 16.3 Å². The molecular weight excluding hydrogens is 512 g/mol. The van der Waals surface area contributed by atoms with Crippen LogP contribution in [0.5, 0.6) is 0 Å². The second kappa shape index (κ2) is 10.9. The highest BCUT2D eigenvalue weighted by molar-refractivity contribution is 5.86. The van der Waals surface area contributed by atoms with Crippen LogP contribution in [-0.2, 0) is 11.1 Å². The normalized spacial score (nSPS) is 13.3. The predicted octanol–water partition coefficient (Wildman–Crippen LogP) is 8.80. The molecule has 42 heavy (non-hydrogen) atoms. The fraction of sp³-hybridized carbons (Fsp3) is 0.154. The van der Waals surface area contributed by atoms with Crippen LogP contribution >= 0.6 is 0 Å². The van der Waals surface area contributed by atoms with Gasteiger partial charge < -0.3 is 9.67 Å². The summed E-state index contributed by atoms with van der Waals surface area (Å²) in [6.45, 7) is 10.2. The largest absolute Gasteiger partial charge is 0.378 e. The van der Waals surface area contributed by atoms with E-state index in [1.807, 2.05) is 57.6 Å². The van der Waals surface area contributed by atoms with E-state index in [4.69, 9.17) is 4.98 Å². The fourth-order valence-electron chi connectivity index (χ4n) is 6.21. The van der Waals surface area contributed by atoms with E-state index in [0.29, 0.717) is 5.69 Å². The average molecular weight is 549 g/mol. The molecule has 3 nitrogen and oxygen atoms in total. The number of hydrogen-bond acceptors (Lipinski definition) is 2. The molecule has 0 saturated heterocycles. The Bertz CT molecular complexity index is 1740. The van der Waals surface area contributed by atoms with E-state index in [9.17, 15) is 5.11 Å². The number of aromatic nitrogens is 2. The van der Waals surface area contributed by atoms with E-state index in [0.717, 1.165) is 44.2 Å². The molecule has 0 aliphatic heterocycles. The zero-order valence-electron chi connectivity index (χ0n) is 24.4. The first kappa shape index (κ1) is 27.4. The predicted molar refractivity (Wildman–Crippen MR) is 173 cm³/mol. The second-order valence-electron chi connectivity index (χ2n) is 11.5. The molecule has 1 N–H and O–H groups in total. The number of imidazole rings is 1. The molecule has 0 radical (unpaired) electrons. The quantitative estimate of drug-likeness (QED) is 0.193. The van der Waals surface area contributed by atoms with E-state index in [2.05, 4.69) is 114 Å². The number of rotatable bonds is 8. The van der Waals surface area contributed by atoms with E-state index >= 15 is 0 Å². The Hall–Kier alpha value is -4.73. The number of aliphatic hydroxyl groups is 1. The van der Waals surface area contributed by atoms with Gasteiger partial charge in [-0.05, 0) is 63.6 Å². The number of benzene rings is 5. The zero-order chi connectivity index (χ0) is 29.3. The molecule has 0 aliphatic rings. The van der Waals surface area contributed by atoms with Gasteiger partial charge in [0.1, 0.15) is 11.1 Å². The van der Waals surface area contributed by atoms with Crippen LogP contribution < -0.4 is 0 Å². The van der Waals surface area contributed by atoms with Gasteiger partial charge in [-0.2, -0.15) is 0 Å². The SMILES string of the molecule is C=C(C)c1ccc2cc(C(O)(c3cn(C(c4ccccc4)(c4ccccc4)c4ccccc4)cn3)C(C)C)ccc2c1. The molecule has 0 amide bonds. The first-order valence-corrected chi connectivity index (χ1v) is 14.5. The van der Waals surface area contributed by atoms with Crippen molar-refractivity contribution in [1.29, 1.82) is 0 Å². The lowest BCUT2D eigenvalue weighted by Crippen LogP contribution is -2.37. The lowest BCUT2D eigenvalue weighted by atomic mass is 9.76. The average Bonchev–Trinajstić information content (AvgIpc) is 3.53. The van der Waals surface area contributed by atoms with E-state index in [-0.39, 0.29) is 5.92 Å². The number of hydrogen-bond donors (Lipinski definition) is 1. The summed E-state index contributed by atoms with van der Waals surface area (Å²) in [7, 11) is 0. The van der Waals surface area contributed by atoms with Crippen molar-refractivity contribution in [2.24, 2.45) is 5.92 Å². The van der Waals surface area contributed by atoms with Crippen molar-refractivity contribution in [1.82, 2.24) is 9.55 Å².